The van der Waals surface area contributed by atoms with Gasteiger partial charge in [0.2, 0.25) is 16.9 Å². The minimum Gasteiger partial charge on any atom is -0.486 e. The lowest BCUT2D eigenvalue weighted by Crippen LogP contribution is -2.10. The Labute approximate surface area is 81.5 Å². The van der Waals surface area contributed by atoms with Crippen LogP contribution in [0.2, 0.25) is 0 Å². The number of rotatable bonds is 5. The zero-order valence-corrected chi connectivity index (χ0v) is 7.99. The number of aldehydes is 1. The highest BCUT2D eigenvalue weighted by Crippen LogP contribution is 2.10. The molecular weight excluding hydrogens is 184 g/mol. The standard InChI is InChI=1S/C10H12O4/c1-2-3-5-14-10-8(12)4-6-13-9(10)7-11/h4,6-7H,2-3,5H2,1H3. The first-order chi connectivity index (χ1) is 6.79. The summed E-state index contributed by atoms with van der Waals surface area (Å²) >= 11 is 0. The van der Waals surface area contributed by atoms with E-state index in [4.69, 9.17) is 9.15 Å². The SMILES string of the molecule is CCCCOc1c(C=O)occc1=O. The van der Waals surface area contributed by atoms with Crippen LogP contribution >= 0.6 is 0 Å². The van der Waals surface area contributed by atoms with Gasteiger partial charge in [0.25, 0.3) is 0 Å². The van der Waals surface area contributed by atoms with E-state index < -0.39 is 0 Å². The molecule has 0 N–H and O–H groups in total. The smallest absolute Gasteiger partial charge is 0.227 e. The molecule has 1 rings (SSSR count). The number of hydrogen-bond acceptors (Lipinski definition) is 4. The molecule has 0 saturated carbocycles. The summed E-state index contributed by atoms with van der Waals surface area (Å²) in [6.45, 7) is 2.43. The Bertz CT molecular complexity index is 353. The Morgan fingerprint density at radius 1 is 1.57 bits per heavy atom. The topological polar surface area (TPSA) is 56.5 Å². The monoisotopic (exact) mass is 196 g/mol. The minimum atomic E-state index is -0.325. The Kier molecular flexibility index (Phi) is 3.91. The van der Waals surface area contributed by atoms with Crippen molar-refractivity contribution in [1.82, 2.24) is 0 Å². The highest BCUT2D eigenvalue weighted by atomic mass is 16.5. The maximum absolute atomic E-state index is 11.2. The second-order valence-corrected chi connectivity index (χ2v) is 2.80. The molecule has 1 aromatic rings. The Morgan fingerprint density at radius 3 is 3.00 bits per heavy atom. The van der Waals surface area contributed by atoms with Crippen molar-refractivity contribution >= 4 is 6.29 Å². The lowest BCUT2D eigenvalue weighted by molar-refractivity contribution is 0.109. The van der Waals surface area contributed by atoms with Gasteiger partial charge in [-0.2, -0.15) is 0 Å². The molecule has 0 unspecified atom stereocenters. The fraction of sp³-hybridized carbons (Fsp3) is 0.400. The van der Waals surface area contributed by atoms with Crippen LogP contribution in [0.1, 0.15) is 30.3 Å². The first-order valence-corrected chi connectivity index (χ1v) is 4.49. The van der Waals surface area contributed by atoms with Crippen LogP contribution in [-0.4, -0.2) is 12.9 Å². The van der Waals surface area contributed by atoms with Crippen molar-refractivity contribution < 1.29 is 13.9 Å². The molecule has 0 aliphatic rings. The van der Waals surface area contributed by atoms with Gasteiger partial charge in [0, 0.05) is 6.07 Å². The normalized spacial score (nSPS) is 9.79. The summed E-state index contributed by atoms with van der Waals surface area (Å²) in [6.07, 6.45) is 3.46. The van der Waals surface area contributed by atoms with E-state index in [1.54, 1.807) is 0 Å². The van der Waals surface area contributed by atoms with Crippen molar-refractivity contribution in [2.75, 3.05) is 6.61 Å². The van der Waals surface area contributed by atoms with Gasteiger partial charge in [-0.15, -0.1) is 0 Å². The Balaban J connectivity index is 2.82. The van der Waals surface area contributed by atoms with E-state index in [0.29, 0.717) is 12.9 Å². The van der Waals surface area contributed by atoms with E-state index in [-0.39, 0.29) is 16.9 Å². The van der Waals surface area contributed by atoms with E-state index in [9.17, 15) is 9.59 Å². The van der Waals surface area contributed by atoms with Crippen LogP contribution < -0.4 is 10.2 Å². The van der Waals surface area contributed by atoms with Gasteiger partial charge in [-0.25, -0.2) is 0 Å². The van der Waals surface area contributed by atoms with Crippen LogP contribution in [0.15, 0.2) is 21.5 Å². The first-order valence-electron chi connectivity index (χ1n) is 4.49. The molecule has 0 amide bonds. The highest BCUT2D eigenvalue weighted by Gasteiger charge is 2.08. The number of ether oxygens (including phenoxy) is 1. The van der Waals surface area contributed by atoms with E-state index in [1.165, 1.54) is 12.3 Å². The second kappa shape index (κ2) is 5.21. The average Bonchev–Trinajstić information content (AvgIpc) is 2.20. The minimum absolute atomic E-state index is 0.0101. The van der Waals surface area contributed by atoms with E-state index in [1.807, 2.05) is 6.92 Å². The van der Waals surface area contributed by atoms with Crippen molar-refractivity contribution in [3.63, 3.8) is 0 Å². The Hall–Kier alpha value is -1.58. The quantitative estimate of drug-likeness (QED) is 0.530. The molecule has 0 spiro atoms. The molecule has 1 heterocycles. The predicted molar refractivity (Wildman–Crippen MR) is 50.8 cm³/mol. The molecule has 1 aromatic heterocycles. The number of hydrogen-bond donors (Lipinski definition) is 0. The molecule has 0 fully saturated rings. The van der Waals surface area contributed by atoms with Gasteiger partial charge in [0.05, 0.1) is 12.9 Å². The molecular formula is C10H12O4. The summed E-state index contributed by atoms with van der Waals surface area (Å²) in [4.78, 5) is 21.7. The van der Waals surface area contributed by atoms with Crippen molar-refractivity contribution in [3.8, 4) is 5.75 Å². The molecule has 0 aliphatic heterocycles. The molecule has 0 radical (unpaired) electrons. The summed E-state index contributed by atoms with van der Waals surface area (Å²) in [7, 11) is 0. The summed E-state index contributed by atoms with van der Waals surface area (Å²) in [5, 5.41) is 0. The van der Waals surface area contributed by atoms with Gasteiger partial charge in [0.1, 0.15) is 0 Å². The maximum Gasteiger partial charge on any atom is 0.227 e. The lowest BCUT2D eigenvalue weighted by Gasteiger charge is -2.04. The third kappa shape index (κ3) is 2.45. The van der Waals surface area contributed by atoms with E-state index in [0.717, 1.165) is 12.8 Å². The number of carbonyl (C=O) groups excluding carboxylic acids is 1. The molecule has 0 aromatic carbocycles. The Morgan fingerprint density at radius 2 is 2.36 bits per heavy atom. The number of unbranched alkanes of at least 4 members (excludes halogenated alkanes) is 1. The summed E-state index contributed by atoms with van der Waals surface area (Å²) in [6, 6.07) is 1.23. The largest absolute Gasteiger partial charge is 0.486 e. The summed E-state index contributed by atoms with van der Waals surface area (Å²) in [5.41, 5.74) is -0.325. The van der Waals surface area contributed by atoms with Gasteiger partial charge in [-0.05, 0) is 6.42 Å². The molecule has 4 heteroatoms. The molecule has 14 heavy (non-hydrogen) atoms. The molecule has 0 atom stereocenters. The van der Waals surface area contributed by atoms with Crippen molar-refractivity contribution in [2.24, 2.45) is 0 Å². The van der Waals surface area contributed by atoms with Crippen LogP contribution in [0.4, 0.5) is 0 Å². The van der Waals surface area contributed by atoms with Crippen LogP contribution in [0.5, 0.6) is 5.75 Å². The fourth-order valence-electron chi connectivity index (χ4n) is 0.962. The molecule has 76 valence electrons. The molecule has 0 saturated heterocycles. The second-order valence-electron chi connectivity index (χ2n) is 2.80. The maximum atomic E-state index is 11.2. The van der Waals surface area contributed by atoms with E-state index in [2.05, 4.69) is 0 Å². The number of carbonyl (C=O) groups is 1. The predicted octanol–water partition coefficient (Wildman–Crippen LogP) is 1.63. The van der Waals surface area contributed by atoms with Gasteiger partial charge >= 0.3 is 0 Å². The van der Waals surface area contributed by atoms with Crippen molar-refractivity contribution in [3.05, 3.63) is 28.3 Å². The van der Waals surface area contributed by atoms with Crippen LogP contribution in [-0.2, 0) is 0 Å². The van der Waals surface area contributed by atoms with Crippen molar-refractivity contribution in [1.29, 1.82) is 0 Å². The van der Waals surface area contributed by atoms with Gasteiger partial charge in [-0.1, -0.05) is 13.3 Å². The summed E-state index contributed by atoms with van der Waals surface area (Å²) in [5.74, 6) is -0.0375. The fourth-order valence-corrected chi connectivity index (χ4v) is 0.962. The van der Waals surface area contributed by atoms with Crippen LogP contribution in [0, 0.1) is 0 Å². The van der Waals surface area contributed by atoms with E-state index >= 15 is 0 Å². The highest BCUT2D eigenvalue weighted by molar-refractivity contribution is 5.74. The van der Waals surface area contributed by atoms with Crippen LogP contribution in [0.3, 0.4) is 0 Å². The molecule has 4 nitrogen and oxygen atoms in total. The van der Waals surface area contributed by atoms with Gasteiger partial charge in [-0.3, -0.25) is 9.59 Å². The molecule has 0 aliphatic carbocycles. The third-order valence-electron chi connectivity index (χ3n) is 1.71. The first kappa shape index (κ1) is 10.5. The van der Waals surface area contributed by atoms with Gasteiger partial charge in [0.15, 0.2) is 6.29 Å². The lowest BCUT2D eigenvalue weighted by atomic mass is 10.3. The zero-order chi connectivity index (χ0) is 10.4. The molecule has 0 bridgehead atoms. The zero-order valence-electron chi connectivity index (χ0n) is 7.99. The summed E-state index contributed by atoms with van der Waals surface area (Å²) < 4.78 is 9.99. The third-order valence-corrected chi connectivity index (χ3v) is 1.71. The van der Waals surface area contributed by atoms with Crippen LogP contribution in [0.25, 0.3) is 0 Å². The average molecular weight is 196 g/mol. The van der Waals surface area contributed by atoms with Crippen molar-refractivity contribution in [2.45, 2.75) is 19.8 Å². The van der Waals surface area contributed by atoms with Gasteiger partial charge < -0.3 is 9.15 Å².